The van der Waals surface area contributed by atoms with Crippen molar-refractivity contribution >= 4 is 5.97 Å². The molecule has 18 heavy (non-hydrogen) atoms. The van der Waals surface area contributed by atoms with Crippen LogP contribution in [-0.4, -0.2) is 60.6 Å². The van der Waals surface area contributed by atoms with Crippen LogP contribution in [0.1, 0.15) is 39.0 Å². The largest absolute Gasteiger partial charge is 0.481 e. The summed E-state index contributed by atoms with van der Waals surface area (Å²) in [6.45, 7) is 5.19. The summed E-state index contributed by atoms with van der Waals surface area (Å²) in [7, 11) is 4.16. The Morgan fingerprint density at radius 2 is 1.89 bits per heavy atom. The minimum Gasteiger partial charge on any atom is -0.481 e. The maximum atomic E-state index is 11.3. The van der Waals surface area contributed by atoms with Crippen LogP contribution in [0.4, 0.5) is 0 Å². The SMILES string of the molecule is CCN(CCCN(C)C)C1CCCCC1C(=O)O. The van der Waals surface area contributed by atoms with E-state index in [2.05, 4.69) is 30.8 Å². The molecule has 0 radical (unpaired) electrons. The second-order valence-corrected chi connectivity index (χ2v) is 5.58. The van der Waals surface area contributed by atoms with Crippen LogP contribution in [-0.2, 0) is 4.79 Å². The van der Waals surface area contributed by atoms with E-state index in [1.54, 1.807) is 0 Å². The monoisotopic (exact) mass is 256 g/mol. The molecule has 0 aromatic heterocycles. The predicted molar refractivity (Wildman–Crippen MR) is 73.8 cm³/mol. The third kappa shape index (κ3) is 4.58. The lowest BCUT2D eigenvalue weighted by Gasteiger charge is -2.37. The Balaban J connectivity index is 2.52. The fourth-order valence-electron chi connectivity index (χ4n) is 2.98. The van der Waals surface area contributed by atoms with Gasteiger partial charge < -0.3 is 10.0 Å². The number of aliphatic carboxylic acids is 1. The summed E-state index contributed by atoms with van der Waals surface area (Å²) < 4.78 is 0. The molecule has 1 aliphatic rings. The fourth-order valence-corrected chi connectivity index (χ4v) is 2.98. The summed E-state index contributed by atoms with van der Waals surface area (Å²) in [5, 5.41) is 9.33. The molecule has 0 bridgehead atoms. The highest BCUT2D eigenvalue weighted by Crippen LogP contribution is 2.28. The Morgan fingerprint density at radius 1 is 1.22 bits per heavy atom. The molecule has 4 nitrogen and oxygen atoms in total. The van der Waals surface area contributed by atoms with Gasteiger partial charge in [0.05, 0.1) is 5.92 Å². The quantitative estimate of drug-likeness (QED) is 0.755. The molecule has 1 fully saturated rings. The zero-order valence-corrected chi connectivity index (χ0v) is 12.1. The first-order chi connectivity index (χ1) is 8.56. The molecule has 0 heterocycles. The van der Waals surface area contributed by atoms with Gasteiger partial charge in [-0.15, -0.1) is 0 Å². The number of nitrogens with zero attached hydrogens (tertiary/aromatic N) is 2. The first-order valence-electron chi connectivity index (χ1n) is 7.17. The molecular formula is C14H28N2O2. The molecule has 1 aliphatic carbocycles. The molecular weight excluding hydrogens is 228 g/mol. The second-order valence-electron chi connectivity index (χ2n) is 5.58. The maximum absolute atomic E-state index is 11.3. The summed E-state index contributed by atoms with van der Waals surface area (Å²) >= 11 is 0. The third-order valence-electron chi connectivity index (χ3n) is 3.97. The fraction of sp³-hybridized carbons (Fsp3) is 0.929. The number of rotatable bonds is 7. The number of carbonyl (C=O) groups is 1. The molecule has 2 atom stereocenters. The van der Waals surface area contributed by atoms with Gasteiger partial charge in [0.2, 0.25) is 0 Å². The minimum absolute atomic E-state index is 0.155. The third-order valence-corrected chi connectivity index (χ3v) is 3.97. The number of carboxylic acids is 1. The van der Waals surface area contributed by atoms with Crippen molar-refractivity contribution in [3.8, 4) is 0 Å². The molecule has 1 saturated carbocycles. The zero-order chi connectivity index (χ0) is 13.5. The molecule has 0 spiro atoms. The van der Waals surface area contributed by atoms with Gasteiger partial charge in [0.25, 0.3) is 0 Å². The van der Waals surface area contributed by atoms with Crippen LogP contribution in [0, 0.1) is 5.92 Å². The van der Waals surface area contributed by atoms with Gasteiger partial charge in [-0.2, -0.15) is 0 Å². The average Bonchev–Trinajstić information content (AvgIpc) is 2.34. The highest BCUT2D eigenvalue weighted by Gasteiger charge is 2.33. The summed E-state index contributed by atoms with van der Waals surface area (Å²) in [4.78, 5) is 15.9. The normalized spacial score (nSPS) is 24.7. The van der Waals surface area contributed by atoms with Crippen LogP contribution in [0.25, 0.3) is 0 Å². The van der Waals surface area contributed by atoms with E-state index in [1.165, 1.54) is 6.42 Å². The van der Waals surface area contributed by atoms with E-state index in [1.807, 2.05) is 0 Å². The van der Waals surface area contributed by atoms with Crippen molar-refractivity contribution in [1.29, 1.82) is 0 Å². The molecule has 0 aromatic rings. The van der Waals surface area contributed by atoms with Crippen LogP contribution in [0.2, 0.25) is 0 Å². The van der Waals surface area contributed by atoms with Crippen molar-refractivity contribution in [3.63, 3.8) is 0 Å². The highest BCUT2D eigenvalue weighted by atomic mass is 16.4. The van der Waals surface area contributed by atoms with Crippen molar-refractivity contribution in [2.24, 2.45) is 5.92 Å². The Kier molecular flexibility index (Phi) is 6.65. The van der Waals surface area contributed by atoms with E-state index in [0.717, 1.165) is 45.3 Å². The Labute approximate surface area is 111 Å². The maximum Gasteiger partial charge on any atom is 0.308 e. The van der Waals surface area contributed by atoms with E-state index < -0.39 is 5.97 Å². The van der Waals surface area contributed by atoms with Gasteiger partial charge in [0.15, 0.2) is 0 Å². The van der Waals surface area contributed by atoms with E-state index in [-0.39, 0.29) is 12.0 Å². The van der Waals surface area contributed by atoms with Crippen LogP contribution in [0.5, 0.6) is 0 Å². The summed E-state index contributed by atoms with van der Waals surface area (Å²) in [5.41, 5.74) is 0. The topological polar surface area (TPSA) is 43.8 Å². The smallest absolute Gasteiger partial charge is 0.308 e. The number of hydrogen-bond donors (Lipinski definition) is 1. The highest BCUT2D eigenvalue weighted by molar-refractivity contribution is 5.71. The van der Waals surface area contributed by atoms with Crippen molar-refractivity contribution < 1.29 is 9.90 Å². The van der Waals surface area contributed by atoms with Crippen LogP contribution < -0.4 is 0 Å². The van der Waals surface area contributed by atoms with Crippen LogP contribution in [0.3, 0.4) is 0 Å². The molecule has 4 heteroatoms. The zero-order valence-electron chi connectivity index (χ0n) is 12.1. The summed E-state index contributed by atoms with van der Waals surface area (Å²) in [5.74, 6) is -0.760. The van der Waals surface area contributed by atoms with Crippen molar-refractivity contribution in [2.75, 3.05) is 33.7 Å². The molecule has 0 aromatic carbocycles. The van der Waals surface area contributed by atoms with Gasteiger partial charge in [-0.05, 0) is 53.0 Å². The van der Waals surface area contributed by atoms with Gasteiger partial charge in [-0.3, -0.25) is 9.69 Å². The van der Waals surface area contributed by atoms with Crippen LogP contribution in [0.15, 0.2) is 0 Å². The molecule has 1 rings (SSSR count). The molecule has 2 unspecified atom stereocenters. The average molecular weight is 256 g/mol. The van der Waals surface area contributed by atoms with Crippen molar-refractivity contribution in [2.45, 2.75) is 45.1 Å². The lowest BCUT2D eigenvalue weighted by Crippen LogP contribution is -2.46. The Bertz CT molecular complexity index is 256. The standard InChI is InChI=1S/C14H28N2O2/c1-4-16(11-7-10-15(2)3)13-9-6-5-8-12(13)14(17)18/h12-13H,4-11H2,1-3H3,(H,17,18). The van der Waals surface area contributed by atoms with Gasteiger partial charge in [-0.25, -0.2) is 0 Å². The van der Waals surface area contributed by atoms with Crippen LogP contribution >= 0.6 is 0 Å². The molecule has 106 valence electrons. The Hall–Kier alpha value is -0.610. The number of hydrogen-bond acceptors (Lipinski definition) is 3. The first kappa shape index (κ1) is 15.4. The van der Waals surface area contributed by atoms with Gasteiger partial charge in [0, 0.05) is 6.04 Å². The predicted octanol–water partition coefficient (Wildman–Crippen LogP) is 1.90. The van der Waals surface area contributed by atoms with Crippen molar-refractivity contribution in [3.05, 3.63) is 0 Å². The lowest BCUT2D eigenvalue weighted by molar-refractivity contribution is -0.145. The molecule has 0 saturated heterocycles. The van der Waals surface area contributed by atoms with Gasteiger partial charge >= 0.3 is 5.97 Å². The molecule has 0 amide bonds. The first-order valence-corrected chi connectivity index (χ1v) is 7.17. The van der Waals surface area contributed by atoms with E-state index >= 15 is 0 Å². The van der Waals surface area contributed by atoms with Gasteiger partial charge in [0.1, 0.15) is 0 Å². The minimum atomic E-state index is -0.606. The lowest BCUT2D eigenvalue weighted by atomic mass is 9.83. The molecule has 0 aliphatic heterocycles. The number of carboxylic acid groups (broad SMARTS) is 1. The Morgan fingerprint density at radius 3 is 2.44 bits per heavy atom. The van der Waals surface area contributed by atoms with E-state index in [4.69, 9.17) is 0 Å². The van der Waals surface area contributed by atoms with Crippen molar-refractivity contribution in [1.82, 2.24) is 9.80 Å². The van der Waals surface area contributed by atoms with E-state index in [0.29, 0.717) is 0 Å². The summed E-state index contributed by atoms with van der Waals surface area (Å²) in [6, 6.07) is 0.253. The second kappa shape index (κ2) is 7.74. The summed E-state index contributed by atoms with van der Waals surface area (Å²) in [6.07, 6.45) is 5.27. The van der Waals surface area contributed by atoms with Gasteiger partial charge in [-0.1, -0.05) is 19.8 Å². The molecule has 1 N–H and O–H groups in total. The van der Waals surface area contributed by atoms with E-state index in [9.17, 15) is 9.90 Å².